The Labute approximate surface area is 145 Å². The summed E-state index contributed by atoms with van der Waals surface area (Å²) in [5, 5.41) is 8.02. The zero-order valence-electron chi connectivity index (χ0n) is 13.4. The van der Waals surface area contributed by atoms with Crippen molar-refractivity contribution in [3.05, 3.63) is 72.3 Å². The minimum atomic E-state index is 0.0218. The van der Waals surface area contributed by atoms with E-state index in [-0.39, 0.29) is 4.32 Å². The van der Waals surface area contributed by atoms with Gasteiger partial charge in [0.05, 0.1) is 0 Å². The van der Waals surface area contributed by atoms with Gasteiger partial charge in [-0.1, -0.05) is 83.5 Å². The van der Waals surface area contributed by atoms with Crippen molar-refractivity contribution in [2.75, 3.05) is 0 Å². The number of hydrogen-bond donors (Lipinski definition) is 0. The van der Waals surface area contributed by atoms with Gasteiger partial charge in [-0.15, -0.1) is 0 Å². The van der Waals surface area contributed by atoms with Crippen molar-refractivity contribution < 1.29 is 0 Å². The fraction of sp³-hybridized carbons (Fsp3) is 0.182. The molecule has 0 spiro atoms. The van der Waals surface area contributed by atoms with Gasteiger partial charge in [0.1, 0.15) is 0 Å². The third-order valence-electron chi connectivity index (χ3n) is 5.01. The second-order valence-corrected chi connectivity index (χ2v) is 8.15. The van der Waals surface area contributed by atoms with Crippen LogP contribution >= 0.6 is 15.9 Å². The quantitative estimate of drug-likeness (QED) is 0.262. The van der Waals surface area contributed by atoms with Gasteiger partial charge >= 0.3 is 0 Å². The smallest absolute Gasteiger partial charge is 0.0475 e. The predicted octanol–water partition coefficient (Wildman–Crippen LogP) is 7.17. The van der Waals surface area contributed by atoms with Crippen LogP contribution in [0.3, 0.4) is 0 Å². The molecule has 0 amide bonds. The van der Waals surface area contributed by atoms with Crippen molar-refractivity contribution in [1.29, 1.82) is 0 Å². The molecule has 0 saturated carbocycles. The number of fused-ring (bicyclic) bond motifs is 6. The molecule has 0 aromatic heterocycles. The molecule has 4 aromatic carbocycles. The van der Waals surface area contributed by atoms with Crippen LogP contribution in [0.4, 0.5) is 0 Å². The average Bonchev–Trinajstić information content (AvgIpc) is 2.61. The first-order valence-electron chi connectivity index (χ1n) is 8.14. The van der Waals surface area contributed by atoms with Gasteiger partial charge in [-0.25, -0.2) is 0 Å². The topological polar surface area (TPSA) is 0 Å². The van der Waals surface area contributed by atoms with E-state index in [0.29, 0.717) is 0 Å². The highest BCUT2D eigenvalue weighted by Gasteiger charge is 2.21. The van der Waals surface area contributed by atoms with Crippen LogP contribution in [0, 0.1) is 0 Å². The number of benzene rings is 4. The van der Waals surface area contributed by atoms with E-state index >= 15 is 0 Å². The monoisotopic (exact) mass is 362 g/mol. The molecule has 0 aliphatic carbocycles. The molecule has 1 heteroatoms. The summed E-state index contributed by atoms with van der Waals surface area (Å²) in [5.41, 5.74) is 1.34. The van der Waals surface area contributed by atoms with Crippen LogP contribution in [-0.4, -0.2) is 0 Å². The van der Waals surface area contributed by atoms with Crippen LogP contribution in [0.2, 0.25) is 0 Å². The van der Waals surface area contributed by atoms with E-state index in [2.05, 4.69) is 96.5 Å². The van der Waals surface area contributed by atoms with Crippen LogP contribution in [0.25, 0.3) is 32.3 Å². The number of alkyl halides is 1. The van der Waals surface area contributed by atoms with Gasteiger partial charge in [-0.05, 0) is 57.3 Å². The predicted molar refractivity (Wildman–Crippen MR) is 106 cm³/mol. The van der Waals surface area contributed by atoms with Crippen LogP contribution in [0.1, 0.15) is 25.8 Å². The molecule has 0 radical (unpaired) electrons. The zero-order valence-corrected chi connectivity index (χ0v) is 15.0. The van der Waals surface area contributed by atoms with E-state index < -0.39 is 0 Å². The third-order valence-corrected chi connectivity index (χ3v) is 6.03. The Morgan fingerprint density at radius 3 is 1.61 bits per heavy atom. The molecular weight excluding hydrogens is 344 g/mol. The van der Waals surface area contributed by atoms with Crippen LogP contribution in [0.5, 0.6) is 0 Å². The van der Waals surface area contributed by atoms with E-state index in [0.717, 1.165) is 6.42 Å². The first-order chi connectivity index (χ1) is 11.1. The van der Waals surface area contributed by atoms with Gasteiger partial charge in [-0.2, -0.15) is 0 Å². The molecule has 1 atom stereocenters. The SMILES string of the molecule is CCC(C)(Br)c1ccc2c3ccccc3c3ccccc3c2c1. The maximum Gasteiger partial charge on any atom is 0.0475 e. The minimum Gasteiger partial charge on any atom is -0.0804 e. The zero-order chi connectivity index (χ0) is 16.0. The lowest BCUT2D eigenvalue weighted by atomic mass is 9.90. The lowest BCUT2D eigenvalue weighted by Gasteiger charge is -2.22. The van der Waals surface area contributed by atoms with Crippen molar-refractivity contribution in [1.82, 2.24) is 0 Å². The molecule has 23 heavy (non-hydrogen) atoms. The van der Waals surface area contributed by atoms with Gasteiger partial charge in [0.25, 0.3) is 0 Å². The summed E-state index contributed by atoms with van der Waals surface area (Å²) in [4.78, 5) is 0. The second kappa shape index (κ2) is 5.35. The molecule has 0 heterocycles. The van der Waals surface area contributed by atoms with Gasteiger partial charge in [0.15, 0.2) is 0 Å². The van der Waals surface area contributed by atoms with E-state index in [1.165, 1.54) is 37.9 Å². The molecule has 114 valence electrons. The van der Waals surface area contributed by atoms with Gasteiger partial charge in [-0.3, -0.25) is 0 Å². The summed E-state index contributed by atoms with van der Waals surface area (Å²) < 4.78 is 0.0218. The van der Waals surface area contributed by atoms with Crippen molar-refractivity contribution in [3.8, 4) is 0 Å². The summed E-state index contributed by atoms with van der Waals surface area (Å²) in [5.74, 6) is 0. The Bertz CT molecular complexity index is 993. The normalized spacial score (nSPS) is 14.4. The molecule has 0 fully saturated rings. The first-order valence-corrected chi connectivity index (χ1v) is 8.94. The summed E-state index contributed by atoms with van der Waals surface area (Å²) in [6.45, 7) is 4.47. The maximum absolute atomic E-state index is 3.89. The fourth-order valence-electron chi connectivity index (χ4n) is 3.44. The second-order valence-electron chi connectivity index (χ2n) is 6.40. The van der Waals surface area contributed by atoms with Crippen molar-refractivity contribution in [2.45, 2.75) is 24.6 Å². The minimum absolute atomic E-state index is 0.0218. The highest BCUT2D eigenvalue weighted by molar-refractivity contribution is 9.09. The Morgan fingerprint density at radius 1 is 0.696 bits per heavy atom. The largest absolute Gasteiger partial charge is 0.0804 e. The third kappa shape index (κ3) is 2.26. The maximum atomic E-state index is 3.89. The Morgan fingerprint density at radius 2 is 1.13 bits per heavy atom. The van der Waals surface area contributed by atoms with Crippen LogP contribution < -0.4 is 0 Å². The molecule has 0 saturated heterocycles. The number of rotatable bonds is 2. The van der Waals surface area contributed by atoms with E-state index in [4.69, 9.17) is 0 Å². The van der Waals surface area contributed by atoms with Gasteiger partial charge in [0, 0.05) is 4.32 Å². The lowest BCUT2D eigenvalue weighted by Crippen LogP contribution is -2.10. The molecule has 0 bridgehead atoms. The number of halogens is 1. The lowest BCUT2D eigenvalue weighted by molar-refractivity contribution is 0.682. The summed E-state index contributed by atoms with van der Waals surface area (Å²) in [6, 6.07) is 24.4. The van der Waals surface area contributed by atoms with E-state index in [1.54, 1.807) is 0 Å². The summed E-state index contributed by atoms with van der Waals surface area (Å²) >= 11 is 3.89. The summed E-state index contributed by atoms with van der Waals surface area (Å²) in [6.07, 6.45) is 1.06. The molecule has 4 aromatic rings. The molecule has 0 N–H and O–H groups in total. The molecule has 4 rings (SSSR count). The number of hydrogen-bond acceptors (Lipinski definition) is 0. The van der Waals surface area contributed by atoms with Crippen molar-refractivity contribution in [3.63, 3.8) is 0 Å². The first kappa shape index (κ1) is 14.7. The highest BCUT2D eigenvalue weighted by atomic mass is 79.9. The average molecular weight is 363 g/mol. The molecule has 1 unspecified atom stereocenters. The van der Waals surface area contributed by atoms with Crippen molar-refractivity contribution in [2.24, 2.45) is 0 Å². The Hall–Kier alpha value is -1.86. The fourth-order valence-corrected chi connectivity index (χ4v) is 3.68. The molecule has 0 aliphatic rings. The molecule has 0 nitrogen and oxygen atoms in total. The molecule has 0 aliphatic heterocycles. The van der Waals surface area contributed by atoms with Crippen molar-refractivity contribution >= 4 is 48.2 Å². The molecular formula is C22H19Br. The Balaban J connectivity index is 2.21. The standard InChI is InChI=1S/C22H19Br/c1-3-22(2,23)15-12-13-20-18-10-5-4-8-16(18)17-9-6-7-11-19(17)21(20)14-15/h4-14H,3H2,1-2H3. The van der Waals surface area contributed by atoms with Gasteiger partial charge in [0.2, 0.25) is 0 Å². The van der Waals surface area contributed by atoms with E-state index in [9.17, 15) is 0 Å². The summed E-state index contributed by atoms with van der Waals surface area (Å²) in [7, 11) is 0. The van der Waals surface area contributed by atoms with Gasteiger partial charge < -0.3 is 0 Å². The highest BCUT2D eigenvalue weighted by Crippen LogP contribution is 2.40. The van der Waals surface area contributed by atoms with Crippen LogP contribution in [-0.2, 0) is 4.32 Å². The van der Waals surface area contributed by atoms with E-state index in [1.807, 2.05) is 0 Å². The Kier molecular flexibility index (Phi) is 3.42. The van der Waals surface area contributed by atoms with Crippen LogP contribution in [0.15, 0.2) is 66.7 Å².